The monoisotopic (exact) mass is 435 g/mol. The van der Waals surface area contributed by atoms with Crippen LogP contribution >= 0.6 is 15.9 Å². The number of aryl methyl sites for hydroxylation is 1. The number of hydrogen-bond acceptors (Lipinski definition) is 3. The standard InChI is InChI=1S/C21H23BrFNO3/c1-21(2,3)27-20(25)24-17(14-7-5-6-8-19(14)26-4)10-9-13-11-16(23)15(22)12-18(13)24/h5-8,11-12,17H,9-10H2,1-4H3. The number of carbonyl (C=O) groups is 1. The lowest BCUT2D eigenvalue weighted by Crippen LogP contribution is -2.42. The molecule has 27 heavy (non-hydrogen) atoms. The zero-order valence-electron chi connectivity index (χ0n) is 15.9. The third-order valence-electron chi connectivity index (χ3n) is 4.47. The normalized spacial score (nSPS) is 16.7. The number of para-hydroxylation sites is 1. The van der Waals surface area contributed by atoms with E-state index < -0.39 is 11.7 Å². The minimum atomic E-state index is -0.642. The summed E-state index contributed by atoms with van der Waals surface area (Å²) >= 11 is 3.24. The summed E-state index contributed by atoms with van der Waals surface area (Å²) in [6.45, 7) is 5.48. The summed E-state index contributed by atoms with van der Waals surface area (Å²) in [5, 5.41) is 0. The van der Waals surface area contributed by atoms with Crippen LogP contribution in [0.4, 0.5) is 14.9 Å². The molecule has 0 aliphatic carbocycles. The SMILES string of the molecule is COc1ccccc1C1CCc2cc(F)c(Br)cc2N1C(=O)OC(C)(C)C. The molecular formula is C21H23BrFNO3. The number of halogens is 2. The van der Waals surface area contributed by atoms with Crippen LogP contribution in [0.2, 0.25) is 0 Å². The third kappa shape index (κ3) is 4.10. The lowest BCUT2D eigenvalue weighted by atomic mass is 9.91. The molecule has 144 valence electrons. The fourth-order valence-corrected chi connectivity index (χ4v) is 3.70. The Kier molecular flexibility index (Phi) is 5.47. The van der Waals surface area contributed by atoms with Crippen LogP contribution in [0.5, 0.6) is 5.75 Å². The Morgan fingerprint density at radius 2 is 1.96 bits per heavy atom. The average Bonchev–Trinajstić information content (AvgIpc) is 2.60. The van der Waals surface area contributed by atoms with Gasteiger partial charge in [-0.3, -0.25) is 4.90 Å². The van der Waals surface area contributed by atoms with Crippen molar-refractivity contribution in [2.45, 2.75) is 45.3 Å². The molecular weight excluding hydrogens is 413 g/mol. The Morgan fingerprint density at radius 1 is 1.26 bits per heavy atom. The molecule has 0 spiro atoms. The van der Waals surface area contributed by atoms with Crippen LogP contribution in [0.25, 0.3) is 0 Å². The van der Waals surface area contributed by atoms with E-state index in [2.05, 4.69) is 15.9 Å². The third-order valence-corrected chi connectivity index (χ3v) is 5.08. The van der Waals surface area contributed by atoms with Gasteiger partial charge in [-0.25, -0.2) is 9.18 Å². The predicted molar refractivity (Wildman–Crippen MR) is 107 cm³/mol. The van der Waals surface area contributed by atoms with Crippen LogP contribution in [0, 0.1) is 5.82 Å². The molecule has 0 bridgehead atoms. The molecule has 1 amide bonds. The van der Waals surface area contributed by atoms with Crippen LogP contribution in [0.1, 0.15) is 44.4 Å². The Morgan fingerprint density at radius 3 is 2.63 bits per heavy atom. The fraction of sp³-hybridized carbons (Fsp3) is 0.381. The number of rotatable bonds is 2. The number of fused-ring (bicyclic) bond motifs is 1. The van der Waals surface area contributed by atoms with Crippen molar-refractivity contribution < 1.29 is 18.7 Å². The number of ether oxygens (including phenoxy) is 2. The highest BCUT2D eigenvalue weighted by atomic mass is 79.9. The highest BCUT2D eigenvalue weighted by Gasteiger charge is 2.36. The number of anilines is 1. The Bertz CT molecular complexity index is 863. The first-order chi connectivity index (χ1) is 12.7. The van der Waals surface area contributed by atoms with Crippen molar-refractivity contribution in [2.75, 3.05) is 12.0 Å². The number of carbonyl (C=O) groups excluding carboxylic acids is 1. The molecule has 1 atom stereocenters. The number of nitrogens with zero attached hydrogens (tertiary/aromatic N) is 1. The number of methoxy groups -OCH3 is 1. The molecule has 1 aliphatic rings. The second-order valence-corrected chi connectivity index (χ2v) is 8.40. The summed E-state index contributed by atoms with van der Waals surface area (Å²) in [5.41, 5.74) is 1.70. The molecule has 0 radical (unpaired) electrons. The van der Waals surface area contributed by atoms with Gasteiger partial charge in [0.2, 0.25) is 0 Å². The van der Waals surface area contributed by atoms with Gasteiger partial charge in [-0.1, -0.05) is 18.2 Å². The van der Waals surface area contributed by atoms with Gasteiger partial charge in [0.25, 0.3) is 0 Å². The highest BCUT2D eigenvalue weighted by Crippen LogP contribution is 2.43. The number of amides is 1. The first kappa shape index (κ1) is 19.7. The van der Waals surface area contributed by atoms with Crippen LogP contribution in [0.3, 0.4) is 0 Å². The van der Waals surface area contributed by atoms with E-state index in [1.807, 2.05) is 45.0 Å². The summed E-state index contributed by atoms with van der Waals surface area (Å²) in [7, 11) is 1.61. The van der Waals surface area contributed by atoms with E-state index in [0.29, 0.717) is 28.8 Å². The fourth-order valence-electron chi connectivity index (χ4n) is 3.36. The van der Waals surface area contributed by atoms with E-state index in [9.17, 15) is 9.18 Å². The first-order valence-corrected chi connectivity index (χ1v) is 9.63. The molecule has 0 saturated heterocycles. The van der Waals surface area contributed by atoms with Gasteiger partial charge < -0.3 is 9.47 Å². The van der Waals surface area contributed by atoms with Crippen LogP contribution in [0.15, 0.2) is 40.9 Å². The van der Waals surface area contributed by atoms with Crippen LogP contribution in [-0.4, -0.2) is 18.8 Å². The highest BCUT2D eigenvalue weighted by molar-refractivity contribution is 9.10. The Labute approximate surface area is 167 Å². The number of hydrogen-bond donors (Lipinski definition) is 0. The van der Waals surface area contributed by atoms with Crippen molar-refractivity contribution in [1.82, 2.24) is 0 Å². The summed E-state index contributed by atoms with van der Waals surface area (Å²) < 4.78 is 25.5. The molecule has 1 aliphatic heterocycles. The largest absolute Gasteiger partial charge is 0.496 e. The minimum absolute atomic E-state index is 0.263. The van der Waals surface area contributed by atoms with Crippen molar-refractivity contribution in [1.29, 1.82) is 0 Å². The first-order valence-electron chi connectivity index (χ1n) is 8.84. The molecule has 4 nitrogen and oxygen atoms in total. The van der Waals surface area contributed by atoms with Gasteiger partial charge in [-0.2, -0.15) is 0 Å². The Hall–Kier alpha value is -2.08. The van der Waals surface area contributed by atoms with Gasteiger partial charge in [-0.15, -0.1) is 0 Å². The second-order valence-electron chi connectivity index (χ2n) is 7.54. The molecule has 3 rings (SSSR count). The van der Waals surface area contributed by atoms with Crippen molar-refractivity contribution >= 4 is 27.7 Å². The van der Waals surface area contributed by atoms with Gasteiger partial charge in [-0.05, 0) is 73.3 Å². The predicted octanol–water partition coefficient (Wildman–Crippen LogP) is 6.03. The zero-order chi connectivity index (χ0) is 19.8. The summed E-state index contributed by atoms with van der Waals surface area (Å²) in [6, 6.07) is 10.5. The summed E-state index contributed by atoms with van der Waals surface area (Å²) in [6.07, 6.45) is 0.841. The van der Waals surface area contributed by atoms with E-state index in [1.165, 1.54) is 6.07 Å². The molecule has 0 saturated carbocycles. The molecule has 1 heterocycles. The minimum Gasteiger partial charge on any atom is -0.496 e. The van der Waals surface area contributed by atoms with Gasteiger partial charge in [0, 0.05) is 5.56 Å². The maximum absolute atomic E-state index is 14.0. The lowest BCUT2D eigenvalue weighted by Gasteiger charge is -2.38. The molecule has 0 fully saturated rings. The van der Waals surface area contributed by atoms with Crippen LogP contribution < -0.4 is 9.64 Å². The second kappa shape index (κ2) is 7.50. The lowest BCUT2D eigenvalue weighted by molar-refractivity contribution is 0.0559. The summed E-state index contributed by atoms with van der Waals surface area (Å²) in [4.78, 5) is 14.7. The number of benzene rings is 2. The quantitative estimate of drug-likeness (QED) is 0.578. The van der Waals surface area contributed by atoms with Gasteiger partial charge in [0.15, 0.2) is 0 Å². The topological polar surface area (TPSA) is 38.8 Å². The molecule has 2 aromatic carbocycles. The van der Waals surface area contributed by atoms with Crippen molar-refractivity contribution in [2.24, 2.45) is 0 Å². The maximum Gasteiger partial charge on any atom is 0.415 e. The smallest absolute Gasteiger partial charge is 0.415 e. The molecule has 2 aromatic rings. The average molecular weight is 436 g/mol. The van der Waals surface area contributed by atoms with Gasteiger partial charge >= 0.3 is 6.09 Å². The zero-order valence-corrected chi connectivity index (χ0v) is 17.5. The maximum atomic E-state index is 14.0. The molecule has 1 unspecified atom stereocenters. The Balaban J connectivity index is 2.12. The van der Waals surface area contributed by atoms with Crippen LogP contribution in [-0.2, 0) is 11.2 Å². The summed E-state index contributed by atoms with van der Waals surface area (Å²) in [5.74, 6) is 0.370. The molecule has 6 heteroatoms. The van der Waals surface area contributed by atoms with Crippen molar-refractivity contribution in [3.05, 3.63) is 57.8 Å². The van der Waals surface area contributed by atoms with E-state index in [0.717, 1.165) is 11.1 Å². The van der Waals surface area contributed by atoms with E-state index in [1.54, 1.807) is 18.1 Å². The van der Waals surface area contributed by atoms with E-state index in [4.69, 9.17) is 9.47 Å². The van der Waals surface area contributed by atoms with Gasteiger partial charge in [0.05, 0.1) is 23.3 Å². The van der Waals surface area contributed by atoms with E-state index >= 15 is 0 Å². The molecule has 0 N–H and O–H groups in total. The van der Waals surface area contributed by atoms with Crippen molar-refractivity contribution in [3.8, 4) is 5.75 Å². The van der Waals surface area contributed by atoms with Gasteiger partial charge in [0.1, 0.15) is 17.2 Å². The van der Waals surface area contributed by atoms with E-state index in [-0.39, 0.29) is 11.9 Å². The van der Waals surface area contributed by atoms with Crippen molar-refractivity contribution in [3.63, 3.8) is 0 Å². The molecule has 0 aromatic heterocycles.